The highest BCUT2D eigenvalue weighted by atomic mass is 28.3. The van der Waals surface area contributed by atoms with Gasteiger partial charge in [0.25, 0.3) is 6.71 Å². The normalized spacial score (nSPS) is 16.5. The number of aryl methyl sites for hydroxylation is 1. The summed E-state index contributed by atoms with van der Waals surface area (Å²) in [6.45, 7) is 18.8. The number of hydrogen-bond donors (Lipinski definition) is 0. The van der Waals surface area contributed by atoms with E-state index >= 15 is 0 Å². The molecule has 3 aliphatic heterocycles. The SMILES string of the molecule is Cc1cc2c3c(c1)N(c1ccccc1-c1ccc(C(C)(C)C)cc1)c1cccc4c1B3c1c(cccc1[Si]4(C)c1ccccc1)N2c1ccc(C(C)(C)C)cc1. The van der Waals surface area contributed by atoms with E-state index in [0.29, 0.717) is 0 Å². The van der Waals surface area contributed by atoms with E-state index in [9.17, 15) is 0 Å². The summed E-state index contributed by atoms with van der Waals surface area (Å²) >= 11 is 0. The van der Waals surface area contributed by atoms with Gasteiger partial charge in [0, 0.05) is 34.0 Å². The maximum Gasteiger partial charge on any atom is 0.251 e. The van der Waals surface area contributed by atoms with Crippen LogP contribution in [-0.2, 0) is 10.8 Å². The topological polar surface area (TPSA) is 6.48 Å². The molecule has 0 spiro atoms. The van der Waals surface area contributed by atoms with E-state index in [4.69, 9.17) is 0 Å². The highest BCUT2D eigenvalue weighted by Crippen LogP contribution is 2.47. The number of para-hydroxylation sites is 1. The first-order valence-corrected chi connectivity index (χ1v) is 22.7. The van der Waals surface area contributed by atoms with Gasteiger partial charge in [-0.3, -0.25) is 0 Å². The first-order valence-electron chi connectivity index (χ1n) is 20.2. The quantitative estimate of drug-likeness (QED) is 0.166. The molecular weight excluding hydrogens is 691 g/mol. The Morgan fingerprint density at radius 1 is 0.464 bits per heavy atom. The molecule has 0 N–H and O–H groups in total. The standard InChI is InChI=1S/C52H49BN2Si/c1-34-32-44-48-45(33-34)55(41-19-13-12-18-40(41)35-24-26-36(27-25-35)51(2,3)4)43-21-15-23-47-50(43)53(48)49-42(54(44)38-30-28-37(29-31-38)52(5,6)7)20-14-22-46(49)56(47,8)39-16-10-9-11-17-39/h9-33H,1-8H3. The van der Waals surface area contributed by atoms with Gasteiger partial charge in [0.15, 0.2) is 0 Å². The summed E-state index contributed by atoms with van der Waals surface area (Å²) in [5.41, 5.74) is 18.5. The molecule has 0 radical (unpaired) electrons. The van der Waals surface area contributed by atoms with Gasteiger partial charge >= 0.3 is 0 Å². The largest absolute Gasteiger partial charge is 0.311 e. The van der Waals surface area contributed by atoms with E-state index < -0.39 is 8.07 Å². The number of rotatable bonds is 4. The molecule has 56 heavy (non-hydrogen) atoms. The molecule has 10 rings (SSSR count). The summed E-state index contributed by atoms with van der Waals surface area (Å²) in [5, 5.41) is 4.50. The summed E-state index contributed by atoms with van der Waals surface area (Å²) < 4.78 is 0. The molecule has 0 aromatic heterocycles. The third-order valence-corrected chi connectivity index (χ3v) is 17.4. The maximum absolute atomic E-state index is 2.62. The van der Waals surface area contributed by atoms with Gasteiger partial charge in [0.05, 0.1) is 5.69 Å². The zero-order valence-electron chi connectivity index (χ0n) is 33.9. The van der Waals surface area contributed by atoms with Crippen LogP contribution in [0.4, 0.5) is 34.1 Å². The minimum atomic E-state index is -2.49. The summed E-state index contributed by atoms with van der Waals surface area (Å²) in [4.78, 5) is 5.20. The molecule has 0 saturated heterocycles. The lowest BCUT2D eigenvalue weighted by Crippen LogP contribution is -2.83. The zero-order chi connectivity index (χ0) is 38.7. The highest BCUT2D eigenvalue weighted by molar-refractivity contribution is 7.21. The van der Waals surface area contributed by atoms with E-state index in [-0.39, 0.29) is 17.5 Å². The third kappa shape index (κ3) is 5.01. The van der Waals surface area contributed by atoms with E-state index in [0.717, 1.165) is 0 Å². The molecular formula is C52H49BN2Si. The molecule has 0 bridgehead atoms. The Balaban J connectivity index is 1.30. The third-order valence-electron chi connectivity index (χ3n) is 12.9. The average Bonchev–Trinajstić information content (AvgIpc) is 3.19. The van der Waals surface area contributed by atoms with Crippen molar-refractivity contribution in [3.05, 3.63) is 168 Å². The molecule has 274 valence electrons. The highest BCUT2D eigenvalue weighted by Gasteiger charge is 2.53. The van der Waals surface area contributed by atoms with Crippen LogP contribution in [0.3, 0.4) is 0 Å². The maximum atomic E-state index is 2.62. The Hall–Kier alpha value is -5.58. The minimum Gasteiger partial charge on any atom is -0.311 e. The van der Waals surface area contributed by atoms with Gasteiger partial charge in [0.2, 0.25) is 0 Å². The Labute approximate surface area is 334 Å². The van der Waals surface area contributed by atoms with Gasteiger partial charge in [-0.15, -0.1) is 0 Å². The predicted octanol–water partition coefficient (Wildman–Crippen LogP) is 9.75. The molecule has 7 aromatic rings. The first-order chi connectivity index (χ1) is 26.9. The van der Waals surface area contributed by atoms with Crippen molar-refractivity contribution < 1.29 is 0 Å². The van der Waals surface area contributed by atoms with Crippen LogP contribution in [0.1, 0.15) is 58.2 Å². The van der Waals surface area contributed by atoms with Crippen LogP contribution in [0.15, 0.2) is 152 Å². The molecule has 0 saturated carbocycles. The van der Waals surface area contributed by atoms with Crippen LogP contribution in [0.2, 0.25) is 6.55 Å². The lowest BCUT2D eigenvalue weighted by molar-refractivity contribution is 0.590. The van der Waals surface area contributed by atoms with Gasteiger partial charge in [0.1, 0.15) is 8.07 Å². The van der Waals surface area contributed by atoms with Crippen molar-refractivity contribution in [1.29, 1.82) is 0 Å². The summed E-state index contributed by atoms with van der Waals surface area (Å²) in [6.07, 6.45) is 0. The first kappa shape index (κ1) is 34.9. The minimum absolute atomic E-state index is 0.0735. The van der Waals surface area contributed by atoms with Crippen LogP contribution in [-0.4, -0.2) is 14.8 Å². The van der Waals surface area contributed by atoms with E-state index in [2.05, 4.69) is 216 Å². The Morgan fingerprint density at radius 3 is 1.55 bits per heavy atom. The van der Waals surface area contributed by atoms with Gasteiger partial charge in [-0.1, -0.05) is 168 Å². The Kier molecular flexibility index (Phi) is 7.60. The van der Waals surface area contributed by atoms with E-state index in [1.54, 1.807) is 0 Å². The van der Waals surface area contributed by atoms with Gasteiger partial charge in [-0.05, 0) is 104 Å². The van der Waals surface area contributed by atoms with E-state index in [1.165, 1.54) is 93.9 Å². The second-order valence-corrected chi connectivity index (χ2v) is 22.3. The fourth-order valence-electron chi connectivity index (χ4n) is 10.0. The lowest BCUT2D eigenvalue weighted by atomic mass is 9.33. The van der Waals surface area contributed by atoms with Crippen molar-refractivity contribution in [2.24, 2.45) is 0 Å². The fraction of sp³-hybridized carbons (Fsp3) is 0.192. The molecule has 0 amide bonds. The molecule has 0 fully saturated rings. The zero-order valence-corrected chi connectivity index (χ0v) is 34.9. The monoisotopic (exact) mass is 740 g/mol. The molecule has 7 aromatic carbocycles. The molecule has 3 aliphatic rings. The van der Waals surface area contributed by atoms with Crippen LogP contribution >= 0.6 is 0 Å². The second kappa shape index (κ2) is 12.2. The molecule has 2 nitrogen and oxygen atoms in total. The lowest BCUT2D eigenvalue weighted by Gasteiger charge is -2.50. The van der Waals surface area contributed by atoms with Crippen LogP contribution < -0.4 is 41.7 Å². The van der Waals surface area contributed by atoms with Crippen molar-refractivity contribution in [3.63, 3.8) is 0 Å². The van der Waals surface area contributed by atoms with Crippen molar-refractivity contribution >= 4 is 80.9 Å². The summed E-state index contributed by atoms with van der Waals surface area (Å²) in [5.74, 6) is 0. The summed E-state index contributed by atoms with van der Waals surface area (Å²) in [7, 11) is -2.49. The van der Waals surface area contributed by atoms with Crippen molar-refractivity contribution in [1.82, 2.24) is 0 Å². The summed E-state index contributed by atoms with van der Waals surface area (Å²) in [6, 6.07) is 58.4. The molecule has 1 unspecified atom stereocenters. The number of nitrogens with zero attached hydrogens (tertiary/aromatic N) is 2. The smallest absolute Gasteiger partial charge is 0.251 e. The predicted molar refractivity (Wildman–Crippen MR) is 245 cm³/mol. The molecule has 3 heterocycles. The van der Waals surface area contributed by atoms with Crippen molar-refractivity contribution in [2.45, 2.75) is 65.8 Å². The average molecular weight is 741 g/mol. The van der Waals surface area contributed by atoms with Crippen LogP contribution in [0.25, 0.3) is 11.1 Å². The van der Waals surface area contributed by atoms with E-state index in [1.807, 2.05) is 0 Å². The number of hydrogen-bond acceptors (Lipinski definition) is 2. The van der Waals surface area contributed by atoms with Gasteiger partial charge < -0.3 is 9.80 Å². The van der Waals surface area contributed by atoms with Crippen LogP contribution in [0.5, 0.6) is 0 Å². The van der Waals surface area contributed by atoms with Crippen LogP contribution in [0, 0.1) is 6.92 Å². The van der Waals surface area contributed by atoms with Gasteiger partial charge in [-0.25, -0.2) is 0 Å². The van der Waals surface area contributed by atoms with Crippen molar-refractivity contribution in [2.75, 3.05) is 9.80 Å². The Morgan fingerprint density at radius 2 is 0.964 bits per heavy atom. The fourth-order valence-corrected chi connectivity index (χ4v) is 14.3. The molecule has 0 aliphatic carbocycles. The molecule has 4 heteroatoms. The Bertz CT molecular complexity index is 2690. The number of anilines is 6. The van der Waals surface area contributed by atoms with Gasteiger partial charge in [-0.2, -0.15) is 0 Å². The second-order valence-electron chi connectivity index (χ2n) is 18.4. The molecule has 1 atom stereocenters. The number of benzene rings is 7. The van der Waals surface area contributed by atoms with Crippen molar-refractivity contribution in [3.8, 4) is 11.1 Å².